The Morgan fingerprint density at radius 3 is 2.71 bits per heavy atom. The second-order valence-electron chi connectivity index (χ2n) is 3.55. The summed E-state index contributed by atoms with van der Waals surface area (Å²) >= 11 is 17.0. The van der Waals surface area contributed by atoms with Crippen LogP contribution in [-0.2, 0) is 6.42 Å². The Kier molecular flexibility index (Phi) is 4.50. The molecule has 17 heavy (non-hydrogen) atoms. The molecule has 1 heterocycles. The first-order valence-electron chi connectivity index (χ1n) is 4.93. The summed E-state index contributed by atoms with van der Waals surface area (Å²) < 4.78 is 1.01. The van der Waals surface area contributed by atoms with E-state index < -0.39 is 6.10 Å². The highest BCUT2D eigenvalue weighted by atomic mass is 79.9. The topological polar surface area (TPSA) is 20.2 Å². The molecule has 2 aromatic rings. The van der Waals surface area contributed by atoms with Crippen LogP contribution in [0.4, 0.5) is 0 Å². The fourth-order valence-electron chi connectivity index (χ4n) is 1.53. The number of hydrogen-bond donors (Lipinski definition) is 1. The third-order valence-corrected chi connectivity index (χ3v) is 5.19. The minimum Gasteiger partial charge on any atom is -0.388 e. The highest BCUT2D eigenvalue weighted by Gasteiger charge is 2.16. The van der Waals surface area contributed by atoms with Gasteiger partial charge in [-0.15, -0.1) is 11.3 Å². The zero-order valence-corrected chi connectivity index (χ0v) is 12.6. The van der Waals surface area contributed by atoms with Crippen molar-refractivity contribution in [3.63, 3.8) is 0 Å². The number of thiophene rings is 1. The number of benzene rings is 1. The van der Waals surface area contributed by atoms with Crippen molar-refractivity contribution >= 4 is 50.5 Å². The minimum atomic E-state index is -0.642. The molecule has 1 aromatic carbocycles. The lowest BCUT2D eigenvalue weighted by atomic mass is 10.1. The summed E-state index contributed by atoms with van der Waals surface area (Å²) in [5.74, 6) is 0. The van der Waals surface area contributed by atoms with Crippen molar-refractivity contribution in [1.82, 2.24) is 0 Å². The van der Waals surface area contributed by atoms with E-state index in [1.54, 1.807) is 29.5 Å². The molecule has 1 atom stereocenters. The van der Waals surface area contributed by atoms with Gasteiger partial charge in [-0.3, -0.25) is 0 Å². The van der Waals surface area contributed by atoms with Crippen molar-refractivity contribution in [2.75, 3.05) is 0 Å². The van der Waals surface area contributed by atoms with Crippen LogP contribution in [0, 0.1) is 0 Å². The maximum atomic E-state index is 10.2. The first-order valence-corrected chi connectivity index (χ1v) is 7.36. The van der Waals surface area contributed by atoms with E-state index in [-0.39, 0.29) is 0 Å². The second kappa shape index (κ2) is 5.72. The predicted octanol–water partition coefficient (Wildman–Crippen LogP) is 5.09. The van der Waals surface area contributed by atoms with Crippen molar-refractivity contribution in [1.29, 1.82) is 0 Å². The molecule has 0 amide bonds. The second-order valence-corrected chi connectivity index (χ2v) is 6.19. The number of hydrogen-bond acceptors (Lipinski definition) is 2. The van der Waals surface area contributed by atoms with E-state index in [4.69, 9.17) is 23.2 Å². The van der Waals surface area contributed by atoms with Crippen LogP contribution in [0.2, 0.25) is 10.0 Å². The van der Waals surface area contributed by atoms with E-state index in [1.165, 1.54) is 0 Å². The fraction of sp³-hybridized carbons (Fsp3) is 0.167. The lowest BCUT2D eigenvalue weighted by molar-refractivity contribution is 0.179. The summed E-state index contributed by atoms with van der Waals surface area (Å²) in [6.45, 7) is 0. The van der Waals surface area contributed by atoms with Gasteiger partial charge in [0.25, 0.3) is 0 Å². The summed E-state index contributed by atoms with van der Waals surface area (Å²) in [7, 11) is 0. The van der Waals surface area contributed by atoms with Crippen LogP contribution in [0.5, 0.6) is 0 Å². The molecule has 1 N–H and O–H groups in total. The Labute approximate surface area is 122 Å². The zero-order valence-electron chi connectivity index (χ0n) is 8.66. The SMILES string of the molecule is OC(Cc1sccc1Br)c1cccc(Cl)c1Cl. The summed E-state index contributed by atoms with van der Waals surface area (Å²) in [6, 6.07) is 7.25. The molecule has 1 nitrogen and oxygen atoms in total. The minimum absolute atomic E-state index is 0.425. The molecule has 5 heteroatoms. The van der Waals surface area contributed by atoms with Crippen molar-refractivity contribution in [2.24, 2.45) is 0 Å². The van der Waals surface area contributed by atoms with Crippen molar-refractivity contribution in [2.45, 2.75) is 12.5 Å². The average Bonchev–Trinajstić information content (AvgIpc) is 2.68. The molecule has 1 aromatic heterocycles. The number of aliphatic hydroxyl groups is 1. The van der Waals surface area contributed by atoms with Gasteiger partial charge in [-0.25, -0.2) is 0 Å². The molecule has 2 rings (SSSR count). The van der Waals surface area contributed by atoms with Crippen LogP contribution in [0.3, 0.4) is 0 Å². The summed E-state index contributed by atoms with van der Waals surface area (Å²) in [5, 5.41) is 13.0. The number of halogens is 3. The van der Waals surface area contributed by atoms with Gasteiger partial charge in [0.05, 0.1) is 16.1 Å². The Balaban J connectivity index is 2.23. The fourth-order valence-corrected chi connectivity index (χ4v) is 3.52. The van der Waals surface area contributed by atoms with E-state index in [0.717, 1.165) is 9.35 Å². The maximum Gasteiger partial charge on any atom is 0.0853 e. The van der Waals surface area contributed by atoms with E-state index in [1.807, 2.05) is 11.4 Å². The van der Waals surface area contributed by atoms with E-state index in [2.05, 4.69) is 15.9 Å². The third kappa shape index (κ3) is 3.04. The van der Waals surface area contributed by atoms with E-state index in [0.29, 0.717) is 22.0 Å². The molecular formula is C12H9BrCl2OS. The van der Waals surface area contributed by atoms with Crippen molar-refractivity contribution in [3.05, 3.63) is 54.6 Å². The molecule has 0 bridgehead atoms. The number of aliphatic hydroxyl groups excluding tert-OH is 1. The maximum absolute atomic E-state index is 10.2. The lowest BCUT2D eigenvalue weighted by Gasteiger charge is -2.12. The monoisotopic (exact) mass is 350 g/mol. The highest BCUT2D eigenvalue weighted by Crippen LogP contribution is 2.33. The largest absolute Gasteiger partial charge is 0.388 e. The molecule has 1 unspecified atom stereocenters. The molecule has 0 saturated carbocycles. The summed E-state index contributed by atoms with van der Waals surface area (Å²) in [4.78, 5) is 1.09. The van der Waals surface area contributed by atoms with Crippen molar-refractivity contribution < 1.29 is 5.11 Å². The van der Waals surface area contributed by atoms with Gasteiger partial charge in [0.15, 0.2) is 0 Å². The Morgan fingerprint density at radius 1 is 1.29 bits per heavy atom. The Bertz CT molecular complexity index is 527. The smallest absolute Gasteiger partial charge is 0.0853 e. The van der Waals surface area contributed by atoms with E-state index in [9.17, 15) is 5.11 Å². The molecule has 0 aliphatic heterocycles. The molecule has 0 radical (unpaired) electrons. The Hall–Kier alpha value is -0.0600. The normalized spacial score (nSPS) is 12.7. The van der Waals surface area contributed by atoms with E-state index >= 15 is 0 Å². The standard InChI is InChI=1S/C12H9BrCl2OS/c13-8-4-5-17-11(8)6-10(16)7-2-1-3-9(14)12(7)15/h1-5,10,16H,6H2. The van der Waals surface area contributed by atoms with Gasteiger partial charge in [0, 0.05) is 21.3 Å². The van der Waals surface area contributed by atoms with Gasteiger partial charge in [-0.05, 0) is 33.4 Å². The lowest BCUT2D eigenvalue weighted by Crippen LogP contribution is -2.01. The molecule has 90 valence electrons. The van der Waals surface area contributed by atoms with Crippen LogP contribution in [0.25, 0.3) is 0 Å². The highest BCUT2D eigenvalue weighted by molar-refractivity contribution is 9.10. The average molecular weight is 352 g/mol. The van der Waals surface area contributed by atoms with Crippen LogP contribution < -0.4 is 0 Å². The first-order chi connectivity index (χ1) is 8.09. The molecule has 0 fully saturated rings. The van der Waals surface area contributed by atoms with Crippen LogP contribution in [-0.4, -0.2) is 5.11 Å². The molecule has 0 saturated heterocycles. The quantitative estimate of drug-likeness (QED) is 0.816. The van der Waals surface area contributed by atoms with Gasteiger partial charge in [-0.2, -0.15) is 0 Å². The van der Waals surface area contributed by atoms with Crippen LogP contribution in [0.15, 0.2) is 34.1 Å². The molecular weight excluding hydrogens is 343 g/mol. The van der Waals surface area contributed by atoms with Gasteiger partial charge >= 0.3 is 0 Å². The predicted molar refractivity (Wildman–Crippen MR) is 77.1 cm³/mol. The first kappa shape index (κ1) is 13.4. The van der Waals surface area contributed by atoms with Gasteiger partial charge in [-0.1, -0.05) is 35.3 Å². The van der Waals surface area contributed by atoms with Crippen LogP contribution >= 0.6 is 50.5 Å². The molecule has 0 aliphatic rings. The van der Waals surface area contributed by atoms with Crippen LogP contribution in [0.1, 0.15) is 16.5 Å². The molecule has 0 aliphatic carbocycles. The number of rotatable bonds is 3. The zero-order chi connectivity index (χ0) is 12.4. The summed E-state index contributed by atoms with van der Waals surface area (Å²) in [5.41, 5.74) is 0.666. The molecule has 0 spiro atoms. The van der Waals surface area contributed by atoms with Gasteiger partial charge in [0.2, 0.25) is 0 Å². The Morgan fingerprint density at radius 2 is 2.06 bits per heavy atom. The van der Waals surface area contributed by atoms with Crippen molar-refractivity contribution in [3.8, 4) is 0 Å². The van der Waals surface area contributed by atoms with Gasteiger partial charge < -0.3 is 5.11 Å². The summed E-state index contributed by atoms with van der Waals surface area (Å²) in [6.07, 6.45) is -0.116. The van der Waals surface area contributed by atoms with Gasteiger partial charge in [0.1, 0.15) is 0 Å². The third-order valence-electron chi connectivity index (χ3n) is 2.41.